The van der Waals surface area contributed by atoms with Crippen LogP contribution in [-0.4, -0.2) is 44.8 Å². The molecule has 0 aliphatic carbocycles. The number of Topliss-reactive ketones (excluding diaryl/α,β-unsaturated/α-hetero) is 1. The third kappa shape index (κ3) is 6.34. The fourth-order valence-corrected chi connectivity index (χ4v) is 2.86. The number of rotatable bonds is 11. The SMILES string of the molecule is CCC(C)c1ccc(C(=O)CCCOCCOC2CCNC2)cc1. The van der Waals surface area contributed by atoms with Crippen molar-refractivity contribution in [3.63, 3.8) is 0 Å². The lowest BCUT2D eigenvalue weighted by Gasteiger charge is -2.11. The third-order valence-corrected chi connectivity index (χ3v) is 4.70. The van der Waals surface area contributed by atoms with Crippen LogP contribution in [0.25, 0.3) is 0 Å². The average Bonchev–Trinajstić information content (AvgIpc) is 3.13. The molecule has 4 heteroatoms. The summed E-state index contributed by atoms with van der Waals surface area (Å²) in [6.45, 7) is 8.24. The second-order valence-corrected chi connectivity index (χ2v) is 6.56. The fourth-order valence-electron chi connectivity index (χ4n) is 2.86. The summed E-state index contributed by atoms with van der Waals surface area (Å²) in [6, 6.07) is 8.06. The number of ketones is 1. The molecule has 2 rings (SSSR count). The molecule has 2 unspecified atom stereocenters. The average molecular weight is 333 g/mol. The molecule has 24 heavy (non-hydrogen) atoms. The van der Waals surface area contributed by atoms with Gasteiger partial charge in [-0.1, -0.05) is 38.1 Å². The van der Waals surface area contributed by atoms with E-state index in [0.717, 1.165) is 37.9 Å². The van der Waals surface area contributed by atoms with E-state index in [1.807, 2.05) is 12.1 Å². The molecular formula is C20H31NO3. The smallest absolute Gasteiger partial charge is 0.162 e. The molecule has 0 saturated carbocycles. The summed E-state index contributed by atoms with van der Waals surface area (Å²) < 4.78 is 11.2. The molecule has 0 bridgehead atoms. The fraction of sp³-hybridized carbons (Fsp3) is 0.650. The van der Waals surface area contributed by atoms with Crippen molar-refractivity contribution in [3.8, 4) is 0 Å². The topological polar surface area (TPSA) is 47.6 Å². The van der Waals surface area contributed by atoms with Gasteiger partial charge in [-0.3, -0.25) is 4.79 Å². The van der Waals surface area contributed by atoms with Gasteiger partial charge in [0.1, 0.15) is 0 Å². The van der Waals surface area contributed by atoms with Gasteiger partial charge in [-0.25, -0.2) is 0 Å². The van der Waals surface area contributed by atoms with Gasteiger partial charge in [0.15, 0.2) is 5.78 Å². The van der Waals surface area contributed by atoms with Crippen molar-refractivity contribution in [2.75, 3.05) is 32.9 Å². The number of benzene rings is 1. The van der Waals surface area contributed by atoms with Crippen LogP contribution in [0, 0.1) is 0 Å². The normalized spacial score (nSPS) is 18.7. The van der Waals surface area contributed by atoms with Crippen LogP contribution < -0.4 is 5.32 Å². The van der Waals surface area contributed by atoms with Gasteiger partial charge in [-0.2, -0.15) is 0 Å². The second-order valence-electron chi connectivity index (χ2n) is 6.56. The monoisotopic (exact) mass is 333 g/mol. The standard InChI is InChI=1S/C20H31NO3/c1-3-16(2)17-6-8-18(9-7-17)20(22)5-4-12-23-13-14-24-19-10-11-21-15-19/h6-9,16,19,21H,3-5,10-15H2,1-2H3. The summed E-state index contributed by atoms with van der Waals surface area (Å²) in [5, 5.41) is 3.27. The van der Waals surface area contributed by atoms with Crippen molar-refractivity contribution in [1.82, 2.24) is 5.32 Å². The van der Waals surface area contributed by atoms with Crippen LogP contribution in [0.1, 0.15) is 61.4 Å². The summed E-state index contributed by atoms with van der Waals surface area (Å²) in [4.78, 5) is 12.2. The first-order valence-electron chi connectivity index (χ1n) is 9.24. The van der Waals surface area contributed by atoms with Gasteiger partial charge in [0.25, 0.3) is 0 Å². The van der Waals surface area contributed by atoms with Crippen LogP contribution in [0.2, 0.25) is 0 Å². The maximum Gasteiger partial charge on any atom is 0.162 e. The Morgan fingerprint density at radius 3 is 2.71 bits per heavy atom. The number of carbonyl (C=O) groups excluding carboxylic acids is 1. The van der Waals surface area contributed by atoms with Crippen LogP contribution in [0.5, 0.6) is 0 Å². The second kappa shape index (κ2) is 10.6. The summed E-state index contributed by atoms with van der Waals surface area (Å²) in [7, 11) is 0. The lowest BCUT2D eigenvalue weighted by Crippen LogP contribution is -2.19. The predicted octanol–water partition coefficient (Wildman–Crippen LogP) is 3.56. The first-order chi connectivity index (χ1) is 11.7. The highest BCUT2D eigenvalue weighted by atomic mass is 16.5. The van der Waals surface area contributed by atoms with E-state index in [1.165, 1.54) is 5.56 Å². The Bertz CT molecular complexity index is 480. The molecule has 1 heterocycles. The lowest BCUT2D eigenvalue weighted by atomic mass is 9.96. The van der Waals surface area contributed by atoms with Crippen LogP contribution in [-0.2, 0) is 9.47 Å². The Morgan fingerprint density at radius 1 is 1.25 bits per heavy atom. The molecule has 2 atom stereocenters. The van der Waals surface area contributed by atoms with Gasteiger partial charge >= 0.3 is 0 Å². The molecule has 134 valence electrons. The minimum absolute atomic E-state index is 0.197. The number of nitrogens with one attached hydrogen (secondary N) is 1. The van der Waals surface area contributed by atoms with Crippen molar-refractivity contribution in [1.29, 1.82) is 0 Å². The Morgan fingerprint density at radius 2 is 2.04 bits per heavy atom. The third-order valence-electron chi connectivity index (χ3n) is 4.70. The van der Waals surface area contributed by atoms with Crippen molar-refractivity contribution in [3.05, 3.63) is 35.4 Å². The Labute approximate surface area is 145 Å². The molecule has 0 spiro atoms. The summed E-state index contributed by atoms with van der Waals surface area (Å²) in [5.41, 5.74) is 2.11. The molecule has 1 aromatic carbocycles. The highest BCUT2D eigenvalue weighted by Gasteiger charge is 2.14. The summed E-state index contributed by atoms with van der Waals surface area (Å²) in [6.07, 6.45) is 3.84. The summed E-state index contributed by atoms with van der Waals surface area (Å²) in [5.74, 6) is 0.743. The van der Waals surface area contributed by atoms with E-state index in [-0.39, 0.29) is 5.78 Å². The van der Waals surface area contributed by atoms with Gasteiger partial charge in [-0.05, 0) is 37.3 Å². The number of carbonyl (C=O) groups is 1. The van der Waals surface area contributed by atoms with Crippen molar-refractivity contribution < 1.29 is 14.3 Å². The first-order valence-corrected chi connectivity index (χ1v) is 9.24. The highest BCUT2D eigenvalue weighted by molar-refractivity contribution is 5.96. The van der Waals surface area contributed by atoms with Crippen LogP contribution in [0.3, 0.4) is 0 Å². The van der Waals surface area contributed by atoms with E-state index in [4.69, 9.17) is 9.47 Å². The molecule has 0 aromatic heterocycles. The van der Waals surface area contributed by atoms with Crippen LogP contribution in [0.4, 0.5) is 0 Å². The van der Waals surface area contributed by atoms with Gasteiger partial charge in [-0.15, -0.1) is 0 Å². The quantitative estimate of drug-likeness (QED) is 0.497. The van der Waals surface area contributed by atoms with Crippen molar-refractivity contribution in [2.24, 2.45) is 0 Å². The van der Waals surface area contributed by atoms with Gasteiger partial charge < -0.3 is 14.8 Å². The van der Waals surface area contributed by atoms with Gasteiger partial charge in [0, 0.05) is 25.1 Å². The van der Waals surface area contributed by atoms with E-state index in [9.17, 15) is 4.79 Å². The molecule has 1 saturated heterocycles. The van der Waals surface area contributed by atoms with Crippen LogP contribution >= 0.6 is 0 Å². The number of ether oxygens (including phenoxy) is 2. The molecule has 1 fully saturated rings. The Hall–Kier alpha value is -1.23. The number of hydrogen-bond acceptors (Lipinski definition) is 4. The minimum Gasteiger partial charge on any atom is -0.379 e. The van der Waals surface area contributed by atoms with E-state index < -0.39 is 0 Å². The van der Waals surface area contributed by atoms with Crippen molar-refractivity contribution >= 4 is 5.78 Å². The predicted molar refractivity (Wildman–Crippen MR) is 96.8 cm³/mol. The summed E-state index contributed by atoms with van der Waals surface area (Å²) >= 11 is 0. The Balaban J connectivity index is 1.55. The molecular weight excluding hydrogens is 302 g/mol. The zero-order valence-electron chi connectivity index (χ0n) is 15.1. The van der Waals surface area contributed by atoms with E-state index in [1.54, 1.807) is 0 Å². The van der Waals surface area contributed by atoms with Crippen molar-refractivity contribution in [2.45, 2.75) is 51.6 Å². The molecule has 1 N–H and O–H groups in total. The maximum absolute atomic E-state index is 12.2. The van der Waals surface area contributed by atoms with Gasteiger partial charge in [0.2, 0.25) is 0 Å². The van der Waals surface area contributed by atoms with Crippen LogP contribution in [0.15, 0.2) is 24.3 Å². The molecule has 0 radical (unpaired) electrons. The number of hydrogen-bond donors (Lipinski definition) is 1. The highest BCUT2D eigenvalue weighted by Crippen LogP contribution is 2.19. The molecule has 0 amide bonds. The Kier molecular flexibility index (Phi) is 8.43. The molecule has 4 nitrogen and oxygen atoms in total. The van der Waals surface area contributed by atoms with Gasteiger partial charge in [0.05, 0.1) is 19.3 Å². The first kappa shape index (κ1) is 19.1. The molecule has 1 aliphatic rings. The lowest BCUT2D eigenvalue weighted by molar-refractivity contribution is 0.0124. The minimum atomic E-state index is 0.197. The van der Waals surface area contributed by atoms with E-state index in [2.05, 4.69) is 31.3 Å². The molecule has 1 aliphatic heterocycles. The maximum atomic E-state index is 12.2. The zero-order chi connectivity index (χ0) is 17.2. The van der Waals surface area contributed by atoms with E-state index in [0.29, 0.717) is 38.3 Å². The largest absolute Gasteiger partial charge is 0.379 e. The van der Waals surface area contributed by atoms with E-state index >= 15 is 0 Å². The molecule has 1 aromatic rings. The zero-order valence-corrected chi connectivity index (χ0v) is 15.1.